The predicted octanol–water partition coefficient (Wildman–Crippen LogP) is 2.51. The van der Waals surface area contributed by atoms with Crippen LogP contribution in [0.4, 0.5) is 0 Å². The van der Waals surface area contributed by atoms with Gasteiger partial charge in [0.15, 0.2) is 5.17 Å². The van der Waals surface area contributed by atoms with Gasteiger partial charge in [-0.05, 0) is 24.7 Å². The van der Waals surface area contributed by atoms with Gasteiger partial charge in [0.25, 0.3) is 0 Å². The molecule has 0 aromatic carbocycles. The molecule has 0 bridgehead atoms. The van der Waals surface area contributed by atoms with E-state index >= 15 is 0 Å². The number of amidine groups is 1. The Kier molecular flexibility index (Phi) is 8.34. The molecule has 8 heteroatoms. The van der Waals surface area contributed by atoms with Crippen molar-refractivity contribution in [1.29, 1.82) is 0 Å². The molecule has 2 aliphatic rings. The Morgan fingerprint density at radius 3 is 2.36 bits per heavy atom. The minimum atomic E-state index is -0.829. The molecule has 2 N–H and O–H groups in total. The van der Waals surface area contributed by atoms with Gasteiger partial charge in [0, 0.05) is 25.3 Å². The molecule has 1 saturated heterocycles. The summed E-state index contributed by atoms with van der Waals surface area (Å²) in [5.74, 6) is -0.668. The molecule has 1 atom stereocenters. The van der Waals surface area contributed by atoms with E-state index in [0.717, 1.165) is 50.8 Å². The van der Waals surface area contributed by atoms with E-state index in [2.05, 4.69) is 15.8 Å². The standard InChI is InChI=1S/C20H34N4O3S/c1-20(2,3)13-15(21-17(26)14-9-7-5-6-8-10-14)16(25)18(27)22-23-19-24(4)11-12-28-19/h14-15H,5-13H2,1-4H3,(H,21,26)(H,22,27). The van der Waals surface area contributed by atoms with E-state index in [1.807, 2.05) is 32.7 Å². The lowest BCUT2D eigenvalue weighted by Crippen LogP contribution is -2.50. The van der Waals surface area contributed by atoms with Crippen molar-refractivity contribution < 1.29 is 14.4 Å². The first-order valence-corrected chi connectivity index (χ1v) is 11.2. The second-order valence-electron chi connectivity index (χ2n) is 8.98. The molecule has 0 aromatic heterocycles. The third-order valence-electron chi connectivity index (χ3n) is 5.14. The fraction of sp³-hybridized carbons (Fsp3) is 0.800. The highest BCUT2D eigenvalue weighted by molar-refractivity contribution is 8.14. The van der Waals surface area contributed by atoms with Crippen molar-refractivity contribution in [3.63, 3.8) is 0 Å². The molecular formula is C20H34N4O3S. The van der Waals surface area contributed by atoms with Crippen LogP contribution in [0.3, 0.4) is 0 Å². The van der Waals surface area contributed by atoms with Gasteiger partial charge in [0.2, 0.25) is 11.7 Å². The van der Waals surface area contributed by atoms with Crippen LogP contribution in [-0.4, -0.2) is 53.1 Å². The highest BCUT2D eigenvalue weighted by atomic mass is 32.2. The molecule has 0 radical (unpaired) electrons. The Morgan fingerprint density at radius 2 is 1.82 bits per heavy atom. The van der Waals surface area contributed by atoms with Crippen LogP contribution in [-0.2, 0) is 14.4 Å². The summed E-state index contributed by atoms with van der Waals surface area (Å²) in [5, 5.41) is 7.62. The van der Waals surface area contributed by atoms with Gasteiger partial charge in [-0.1, -0.05) is 58.2 Å². The summed E-state index contributed by atoms with van der Waals surface area (Å²) in [4.78, 5) is 39.9. The van der Waals surface area contributed by atoms with Gasteiger partial charge >= 0.3 is 5.91 Å². The Balaban J connectivity index is 2.02. The van der Waals surface area contributed by atoms with Gasteiger partial charge in [0.1, 0.15) is 0 Å². The number of nitrogens with one attached hydrogen (secondary N) is 2. The van der Waals surface area contributed by atoms with Crippen molar-refractivity contribution >= 4 is 34.5 Å². The number of carbonyl (C=O) groups is 3. The number of hydrazone groups is 1. The zero-order valence-electron chi connectivity index (χ0n) is 17.5. The van der Waals surface area contributed by atoms with Crippen molar-refractivity contribution in [3.8, 4) is 0 Å². The predicted molar refractivity (Wildman–Crippen MR) is 113 cm³/mol. The summed E-state index contributed by atoms with van der Waals surface area (Å²) in [6.45, 7) is 6.84. The fourth-order valence-electron chi connectivity index (χ4n) is 3.56. The third-order valence-corrected chi connectivity index (χ3v) is 6.18. The lowest BCUT2D eigenvalue weighted by molar-refractivity contribution is -0.141. The molecule has 1 saturated carbocycles. The Hall–Kier alpha value is -1.57. The van der Waals surface area contributed by atoms with Gasteiger partial charge in [-0.15, -0.1) is 5.10 Å². The minimum absolute atomic E-state index is 0.0652. The number of Topliss-reactive ketones (excluding diaryl/α,β-unsaturated/α-hetero) is 1. The molecular weight excluding hydrogens is 376 g/mol. The van der Waals surface area contributed by atoms with Gasteiger partial charge in [-0.3, -0.25) is 14.4 Å². The SMILES string of the molecule is CN1CCSC1=NNC(=O)C(=O)C(CC(C)(C)C)NC(=O)C1CCCCCC1. The van der Waals surface area contributed by atoms with E-state index in [4.69, 9.17) is 0 Å². The summed E-state index contributed by atoms with van der Waals surface area (Å²) in [6, 6.07) is -0.829. The molecule has 2 fully saturated rings. The maximum absolute atomic E-state index is 12.8. The fourth-order valence-corrected chi connectivity index (χ4v) is 4.53. The van der Waals surface area contributed by atoms with Crippen molar-refractivity contribution in [2.24, 2.45) is 16.4 Å². The van der Waals surface area contributed by atoms with E-state index in [9.17, 15) is 14.4 Å². The van der Waals surface area contributed by atoms with Crippen LogP contribution in [0.1, 0.15) is 65.7 Å². The smallest absolute Gasteiger partial charge is 0.309 e. The van der Waals surface area contributed by atoms with Gasteiger partial charge in [-0.25, -0.2) is 5.43 Å². The lowest BCUT2D eigenvalue weighted by Gasteiger charge is -2.27. The molecule has 7 nitrogen and oxygen atoms in total. The zero-order chi connectivity index (χ0) is 20.7. The second kappa shape index (κ2) is 10.3. The molecule has 1 heterocycles. The van der Waals surface area contributed by atoms with Crippen molar-refractivity contribution in [3.05, 3.63) is 0 Å². The van der Waals surface area contributed by atoms with Crippen LogP contribution in [0.25, 0.3) is 0 Å². The number of amides is 2. The highest BCUT2D eigenvalue weighted by Gasteiger charge is 2.33. The van der Waals surface area contributed by atoms with Gasteiger partial charge in [-0.2, -0.15) is 0 Å². The normalized spacial score (nSPS) is 21.3. The number of carbonyl (C=O) groups excluding carboxylic acids is 3. The molecule has 1 unspecified atom stereocenters. The van der Waals surface area contributed by atoms with E-state index in [1.165, 1.54) is 11.8 Å². The number of hydrogen-bond donors (Lipinski definition) is 2. The molecule has 1 aliphatic carbocycles. The molecule has 158 valence electrons. The lowest BCUT2D eigenvalue weighted by atomic mass is 9.86. The van der Waals surface area contributed by atoms with E-state index in [-0.39, 0.29) is 17.2 Å². The Labute approximate surface area is 172 Å². The molecule has 0 spiro atoms. The Morgan fingerprint density at radius 1 is 1.18 bits per heavy atom. The molecule has 1 aliphatic heterocycles. The highest BCUT2D eigenvalue weighted by Crippen LogP contribution is 2.25. The molecule has 2 amide bonds. The molecule has 28 heavy (non-hydrogen) atoms. The van der Waals surface area contributed by atoms with Crippen LogP contribution in [0.5, 0.6) is 0 Å². The number of nitrogens with zero attached hydrogens (tertiary/aromatic N) is 2. The first kappa shape index (κ1) is 22.7. The van der Waals surface area contributed by atoms with Crippen LogP contribution < -0.4 is 10.7 Å². The summed E-state index contributed by atoms with van der Waals surface area (Å²) in [7, 11) is 1.89. The topological polar surface area (TPSA) is 90.9 Å². The molecule has 2 rings (SSSR count). The van der Waals surface area contributed by atoms with Crippen molar-refractivity contribution in [2.75, 3.05) is 19.3 Å². The summed E-state index contributed by atoms with van der Waals surface area (Å²) >= 11 is 1.53. The van der Waals surface area contributed by atoms with E-state index in [0.29, 0.717) is 11.6 Å². The third kappa shape index (κ3) is 7.11. The first-order valence-electron chi connectivity index (χ1n) is 10.2. The number of thioether (sulfide) groups is 1. The van der Waals surface area contributed by atoms with E-state index < -0.39 is 17.7 Å². The van der Waals surface area contributed by atoms with E-state index in [1.54, 1.807) is 0 Å². The van der Waals surface area contributed by atoms with Gasteiger partial charge < -0.3 is 10.2 Å². The quantitative estimate of drug-likeness (QED) is 0.399. The zero-order valence-corrected chi connectivity index (χ0v) is 18.4. The monoisotopic (exact) mass is 410 g/mol. The van der Waals surface area contributed by atoms with Crippen LogP contribution >= 0.6 is 11.8 Å². The van der Waals surface area contributed by atoms with Crippen molar-refractivity contribution in [2.45, 2.75) is 71.8 Å². The first-order chi connectivity index (χ1) is 13.2. The number of hydrogen-bond acceptors (Lipinski definition) is 5. The maximum Gasteiger partial charge on any atom is 0.309 e. The summed E-state index contributed by atoms with van der Waals surface area (Å²) in [5.41, 5.74) is 2.17. The second-order valence-corrected chi connectivity index (χ2v) is 10.0. The maximum atomic E-state index is 12.8. The molecule has 0 aromatic rings. The summed E-state index contributed by atoms with van der Waals surface area (Å²) < 4.78 is 0. The minimum Gasteiger partial charge on any atom is -0.352 e. The largest absolute Gasteiger partial charge is 0.352 e. The van der Waals surface area contributed by atoms with Crippen LogP contribution in [0.15, 0.2) is 5.10 Å². The Bertz CT molecular complexity index is 607. The average Bonchev–Trinajstić information content (AvgIpc) is 2.85. The summed E-state index contributed by atoms with van der Waals surface area (Å²) in [6.07, 6.45) is 6.51. The van der Waals surface area contributed by atoms with Crippen LogP contribution in [0.2, 0.25) is 0 Å². The van der Waals surface area contributed by atoms with Gasteiger partial charge in [0.05, 0.1) is 6.04 Å². The number of ketones is 1. The van der Waals surface area contributed by atoms with Crippen LogP contribution in [0, 0.1) is 11.3 Å². The number of rotatable bonds is 6. The van der Waals surface area contributed by atoms with Crippen molar-refractivity contribution in [1.82, 2.24) is 15.6 Å². The average molecular weight is 411 g/mol.